The van der Waals surface area contributed by atoms with Crippen molar-refractivity contribution in [1.29, 1.82) is 0 Å². The van der Waals surface area contributed by atoms with Gasteiger partial charge in [-0.3, -0.25) is 4.68 Å². The average Bonchev–Trinajstić information content (AvgIpc) is 2.62. The van der Waals surface area contributed by atoms with Crippen molar-refractivity contribution in [2.75, 3.05) is 0 Å². The first-order chi connectivity index (χ1) is 6.21. The van der Waals surface area contributed by atoms with Crippen LogP contribution in [0.2, 0.25) is 0 Å². The van der Waals surface area contributed by atoms with Crippen molar-refractivity contribution in [3.63, 3.8) is 0 Å². The van der Waals surface area contributed by atoms with Crippen LogP contribution in [-0.4, -0.2) is 9.78 Å². The van der Waals surface area contributed by atoms with Gasteiger partial charge in [0.1, 0.15) is 0 Å². The van der Waals surface area contributed by atoms with E-state index in [9.17, 15) is 0 Å². The lowest BCUT2D eigenvalue weighted by molar-refractivity contribution is 0.313. The van der Waals surface area contributed by atoms with Crippen LogP contribution in [-0.2, 0) is 0 Å². The Kier molecular flexibility index (Phi) is 1.25. The second-order valence-electron chi connectivity index (χ2n) is 4.71. The number of aromatic nitrogens is 2. The highest BCUT2D eigenvalue weighted by Crippen LogP contribution is 2.58. The fraction of sp³-hybridized carbons (Fsp3) is 0.700. The normalized spacial score (nSPS) is 34.6. The second-order valence-corrected chi connectivity index (χ2v) is 4.71. The maximum atomic E-state index is 6.04. The summed E-state index contributed by atoms with van der Waals surface area (Å²) in [5.74, 6) is 0. The molecule has 0 bridgehead atoms. The highest BCUT2D eigenvalue weighted by Gasteiger charge is 2.49. The second kappa shape index (κ2) is 2.15. The maximum Gasteiger partial charge on any atom is 0.0595 e. The van der Waals surface area contributed by atoms with Crippen LogP contribution in [0, 0.1) is 5.41 Å². The quantitative estimate of drug-likeness (QED) is 0.708. The third-order valence-electron chi connectivity index (χ3n) is 3.70. The van der Waals surface area contributed by atoms with E-state index in [1.165, 1.54) is 18.5 Å². The predicted molar refractivity (Wildman–Crippen MR) is 50.2 cm³/mol. The van der Waals surface area contributed by atoms with Crippen LogP contribution in [0.4, 0.5) is 0 Å². The molecule has 2 atom stereocenters. The standard InChI is InChI=1S/C10H15N3/c1-10(3-4-10)9-6-7(11)8-2-5-12-13(8)9/h2,5,7,9H,3-4,6,11H2,1H3/t7-,9-/m1/s1. The molecule has 0 radical (unpaired) electrons. The molecular weight excluding hydrogens is 162 g/mol. The van der Waals surface area contributed by atoms with E-state index in [1.54, 1.807) is 0 Å². The summed E-state index contributed by atoms with van der Waals surface area (Å²) in [4.78, 5) is 0. The Morgan fingerprint density at radius 1 is 1.62 bits per heavy atom. The van der Waals surface area contributed by atoms with Crippen molar-refractivity contribution >= 4 is 0 Å². The fourth-order valence-corrected chi connectivity index (χ4v) is 2.45. The lowest BCUT2D eigenvalue weighted by Gasteiger charge is -2.18. The largest absolute Gasteiger partial charge is 0.323 e. The van der Waals surface area contributed by atoms with Crippen molar-refractivity contribution in [2.45, 2.75) is 38.3 Å². The van der Waals surface area contributed by atoms with Gasteiger partial charge in [-0.05, 0) is 30.7 Å². The highest BCUT2D eigenvalue weighted by atomic mass is 15.3. The Balaban J connectivity index is 2.02. The molecule has 1 aromatic heterocycles. The van der Waals surface area contributed by atoms with E-state index in [-0.39, 0.29) is 6.04 Å². The van der Waals surface area contributed by atoms with E-state index in [2.05, 4.69) is 22.8 Å². The molecule has 0 aromatic carbocycles. The van der Waals surface area contributed by atoms with E-state index in [0.717, 1.165) is 6.42 Å². The first kappa shape index (κ1) is 7.56. The van der Waals surface area contributed by atoms with Crippen LogP contribution in [0.1, 0.15) is 44.0 Å². The minimum atomic E-state index is 0.213. The molecule has 3 heteroatoms. The Hall–Kier alpha value is -0.830. The molecule has 1 fully saturated rings. The van der Waals surface area contributed by atoms with Gasteiger partial charge in [-0.15, -0.1) is 0 Å². The molecule has 2 heterocycles. The minimum absolute atomic E-state index is 0.213. The zero-order valence-electron chi connectivity index (χ0n) is 7.90. The number of nitrogens with zero attached hydrogens (tertiary/aromatic N) is 2. The van der Waals surface area contributed by atoms with Crippen molar-refractivity contribution < 1.29 is 0 Å². The minimum Gasteiger partial charge on any atom is -0.323 e. The molecule has 0 spiro atoms. The van der Waals surface area contributed by atoms with Crippen molar-refractivity contribution in [3.8, 4) is 0 Å². The summed E-state index contributed by atoms with van der Waals surface area (Å²) in [6.45, 7) is 2.35. The Morgan fingerprint density at radius 2 is 2.38 bits per heavy atom. The van der Waals surface area contributed by atoms with E-state index in [4.69, 9.17) is 5.73 Å². The van der Waals surface area contributed by atoms with E-state index in [1.807, 2.05) is 6.20 Å². The van der Waals surface area contributed by atoms with Crippen LogP contribution < -0.4 is 5.73 Å². The SMILES string of the molecule is CC1([C@H]2C[C@@H](N)c3ccnn32)CC1. The van der Waals surface area contributed by atoms with Crippen LogP contribution in [0.25, 0.3) is 0 Å². The highest BCUT2D eigenvalue weighted by molar-refractivity contribution is 5.16. The third kappa shape index (κ3) is 0.908. The zero-order valence-corrected chi connectivity index (χ0v) is 7.90. The third-order valence-corrected chi connectivity index (χ3v) is 3.70. The number of hydrogen-bond acceptors (Lipinski definition) is 2. The number of fused-ring (bicyclic) bond motifs is 1. The molecule has 1 aliphatic carbocycles. The summed E-state index contributed by atoms with van der Waals surface area (Å²) in [6, 6.07) is 2.83. The maximum absolute atomic E-state index is 6.04. The number of rotatable bonds is 1. The van der Waals surface area contributed by atoms with Gasteiger partial charge < -0.3 is 5.73 Å². The van der Waals surface area contributed by atoms with Gasteiger partial charge in [0, 0.05) is 12.2 Å². The van der Waals surface area contributed by atoms with Crippen molar-refractivity contribution in [3.05, 3.63) is 18.0 Å². The molecule has 1 aromatic rings. The van der Waals surface area contributed by atoms with Gasteiger partial charge in [-0.25, -0.2) is 0 Å². The molecule has 0 amide bonds. The first-order valence-electron chi connectivity index (χ1n) is 5.00. The van der Waals surface area contributed by atoms with Crippen LogP contribution in [0.3, 0.4) is 0 Å². The lowest BCUT2D eigenvalue weighted by atomic mass is 9.96. The van der Waals surface area contributed by atoms with Gasteiger partial charge in [0.15, 0.2) is 0 Å². The van der Waals surface area contributed by atoms with Gasteiger partial charge in [-0.1, -0.05) is 6.92 Å². The molecule has 2 aliphatic rings. The van der Waals surface area contributed by atoms with Gasteiger partial charge >= 0.3 is 0 Å². The first-order valence-corrected chi connectivity index (χ1v) is 5.00. The average molecular weight is 177 g/mol. The van der Waals surface area contributed by atoms with Gasteiger partial charge in [0.2, 0.25) is 0 Å². The van der Waals surface area contributed by atoms with Crippen molar-refractivity contribution in [2.24, 2.45) is 11.1 Å². The Bertz CT molecular complexity index is 338. The summed E-state index contributed by atoms with van der Waals surface area (Å²) < 4.78 is 2.15. The molecule has 3 rings (SSSR count). The summed E-state index contributed by atoms with van der Waals surface area (Å²) in [5, 5.41) is 4.37. The summed E-state index contributed by atoms with van der Waals surface area (Å²) >= 11 is 0. The van der Waals surface area contributed by atoms with Crippen molar-refractivity contribution in [1.82, 2.24) is 9.78 Å². The molecule has 3 nitrogen and oxygen atoms in total. The topological polar surface area (TPSA) is 43.8 Å². The van der Waals surface area contributed by atoms with E-state index < -0.39 is 0 Å². The van der Waals surface area contributed by atoms with Gasteiger partial charge in [-0.2, -0.15) is 5.10 Å². The van der Waals surface area contributed by atoms with E-state index in [0.29, 0.717) is 11.5 Å². The molecule has 70 valence electrons. The number of nitrogens with two attached hydrogens (primary N) is 1. The molecule has 0 saturated heterocycles. The summed E-state index contributed by atoms with van der Waals surface area (Å²) in [6.07, 6.45) is 5.63. The smallest absolute Gasteiger partial charge is 0.0595 e. The van der Waals surface area contributed by atoms with Crippen LogP contribution >= 0.6 is 0 Å². The molecule has 0 unspecified atom stereocenters. The molecule has 2 N–H and O–H groups in total. The van der Waals surface area contributed by atoms with Crippen LogP contribution in [0.15, 0.2) is 12.3 Å². The lowest BCUT2D eigenvalue weighted by Crippen LogP contribution is -2.15. The Morgan fingerprint density at radius 3 is 3.08 bits per heavy atom. The zero-order chi connectivity index (χ0) is 9.05. The van der Waals surface area contributed by atoms with Gasteiger partial charge in [0.05, 0.1) is 11.7 Å². The fourth-order valence-electron chi connectivity index (χ4n) is 2.45. The predicted octanol–water partition coefficient (Wildman–Crippen LogP) is 1.63. The molecule has 13 heavy (non-hydrogen) atoms. The molecular formula is C10H15N3. The molecule has 1 saturated carbocycles. The summed E-state index contributed by atoms with van der Waals surface area (Å²) in [7, 11) is 0. The Labute approximate surface area is 77.9 Å². The molecule has 1 aliphatic heterocycles. The summed E-state index contributed by atoms with van der Waals surface area (Å²) in [5.41, 5.74) is 7.76. The van der Waals surface area contributed by atoms with Gasteiger partial charge in [0.25, 0.3) is 0 Å². The monoisotopic (exact) mass is 177 g/mol. The van der Waals surface area contributed by atoms with E-state index >= 15 is 0 Å². The van der Waals surface area contributed by atoms with Crippen LogP contribution in [0.5, 0.6) is 0 Å². The number of hydrogen-bond donors (Lipinski definition) is 1.